The first-order valence-electron chi connectivity index (χ1n) is 9.70. The summed E-state index contributed by atoms with van der Waals surface area (Å²) in [6.07, 6.45) is 3.63. The summed E-state index contributed by atoms with van der Waals surface area (Å²) in [5, 5.41) is 3.87. The molecule has 2 heterocycles. The lowest BCUT2D eigenvalue weighted by Gasteiger charge is -2.20. The van der Waals surface area contributed by atoms with Crippen molar-refractivity contribution in [2.75, 3.05) is 25.1 Å². The molecule has 0 aliphatic carbocycles. The summed E-state index contributed by atoms with van der Waals surface area (Å²) < 4.78 is 16.8. The molecule has 30 heavy (non-hydrogen) atoms. The molecular weight excluding hydrogens is 452 g/mol. The third kappa shape index (κ3) is 4.76. The predicted molar refractivity (Wildman–Crippen MR) is 116 cm³/mol. The van der Waals surface area contributed by atoms with Gasteiger partial charge in [-0.2, -0.15) is 0 Å². The molecule has 3 aromatic rings. The third-order valence-electron chi connectivity index (χ3n) is 4.77. The molecule has 0 fully saturated rings. The highest BCUT2D eigenvalue weighted by Gasteiger charge is 2.17. The Bertz CT molecular complexity index is 1080. The Labute approximate surface area is 181 Å². The van der Waals surface area contributed by atoms with Gasteiger partial charge in [0.1, 0.15) is 13.2 Å². The Balaban J connectivity index is 1.22. The molecule has 4 rings (SSSR count). The molecule has 0 saturated heterocycles. The summed E-state index contributed by atoms with van der Waals surface area (Å²) >= 11 is 3.39. The molecular formula is C22H21BrN2O5. The van der Waals surface area contributed by atoms with Gasteiger partial charge in [0, 0.05) is 40.1 Å². The normalized spacial score (nSPS) is 12.6. The number of halogens is 1. The number of rotatable bonds is 7. The smallest absolute Gasteiger partial charge is 0.306 e. The number of aryl methyl sites for hydroxylation is 1. The fraction of sp³-hybridized carbons (Fsp3) is 0.273. The van der Waals surface area contributed by atoms with Crippen molar-refractivity contribution >= 4 is 44.4 Å². The number of anilines is 1. The molecule has 0 spiro atoms. The quantitative estimate of drug-likeness (QED) is 0.502. The van der Waals surface area contributed by atoms with E-state index in [1.165, 1.54) is 5.56 Å². The summed E-state index contributed by atoms with van der Waals surface area (Å²) in [5.41, 5.74) is 2.77. The topological polar surface area (TPSA) is 89.7 Å². The minimum atomic E-state index is -0.419. The molecule has 1 aromatic heterocycles. The van der Waals surface area contributed by atoms with Gasteiger partial charge in [-0.05, 0) is 40.4 Å². The second-order valence-corrected chi connectivity index (χ2v) is 7.75. The summed E-state index contributed by atoms with van der Waals surface area (Å²) in [7, 11) is 0. The molecule has 2 aromatic carbocycles. The number of para-hydroxylation sites is 1. The lowest BCUT2D eigenvalue weighted by molar-refractivity contribution is -0.147. The molecule has 1 aliphatic heterocycles. The fourth-order valence-corrected chi connectivity index (χ4v) is 3.75. The Morgan fingerprint density at radius 1 is 1.13 bits per heavy atom. The van der Waals surface area contributed by atoms with Crippen LogP contribution in [0.25, 0.3) is 10.9 Å². The lowest BCUT2D eigenvalue weighted by Crippen LogP contribution is -2.21. The van der Waals surface area contributed by atoms with E-state index >= 15 is 0 Å². The van der Waals surface area contributed by atoms with Gasteiger partial charge in [0.15, 0.2) is 18.1 Å². The van der Waals surface area contributed by atoms with Crippen molar-refractivity contribution in [1.29, 1.82) is 0 Å². The van der Waals surface area contributed by atoms with Gasteiger partial charge in [0.25, 0.3) is 5.91 Å². The molecule has 1 amide bonds. The van der Waals surface area contributed by atoms with Crippen molar-refractivity contribution in [3.63, 3.8) is 0 Å². The average molecular weight is 473 g/mol. The highest BCUT2D eigenvalue weighted by Crippen LogP contribution is 2.38. The zero-order valence-electron chi connectivity index (χ0n) is 16.2. The van der Waals surface area contributed by atoms with Crippen molar-refractivity contribution in [2.45, 2.75) is 19.3 Å². The number of carbonyl (C=O) groups excluding carboxylic acids is 2. The van der Waals surface area contributed by atoms with Crippen LogP contribution in [0.4, 0.5) is 5.69 Å². The molecule has 1 aliphatic rings. The summed E-state index contributed by atoms with van der Waals surface area (Å²) in [5.74, 6) is 0.366. The first-order valence-corrected chi connectivity index (χ1v) is 10.5. The number of hydrogen-bond acceptors (Lipinski definition) is 5. The number of H-pyrrole nitrogens is 1. The number of amides is 1. The van der Waals surface area contributed by atoms with E-state index < -0.39 is 11.9 Å². The molecule has 156 valence electrons. The molecule has 8 heteroatoms. The monoisotopic (exact) mass is 472 g/mol. The second-order valence-electron chi connectivity index (χ2n) is 6.90. The van der Waals surface area contributed by atoms with Crippen molar-refractivity contribution in [1.82, 2.24) is 4.98 Å². The summed E-state index contributed by atoms with van der Waals surface area (Å²) in [6.45, 7) is 0.604. The van der Waals surface area contributed by atoms with Crippen molar-refractivity contribution in [3.8, 4) is 11.5 Å². The first kappa shape index (κ1) is 20.3. The van der Waals surface area contributed by atoms with Gasteiger partial charge < -0.3 is 24.5 Å². The van der Waals surface area contributed by atoms with Crippen molar-refractivity contribution in [3.05, 3.63) is 52.6 Å². The maximum Gasteiger partial charge on any atom is 0.306 e. The van der Waals surface area contributed by atoms with Crippen LogP contribution < -0.4 is 14.8 Å². The number of aromatic amines is 1. The first-order chi connectivity index (χ1) is 14.6. The van der Waals surface area contributed by atoms with Gasteiger partial charge in [-0.1, -0.05) is 18.2 Å². The van der Waals surface area contributed by atoms with E-state index in [0.717, 1.165) is 17.3 Å². The Kier molecular flexibility index (Phi) is 6.23. The summed E-state index contributed by atoms with van der Waals surface area (Å²) in [6, 6.07) is 11.5. The van der Waals surface area contributed by atoms with Gasteiger partial charge in [0.2, 0.25) is 0 Å². The van der Waals surface area contributed by atoms with Crippen LogP contribution >= 0.6 is 15.9 Å². The molecule has 7 nitrogen and oxygen atoms in total. The Hall–Kier alpha value is -3.00. The van der Waals surface area contributed by atoms with Crippen molar-refractivity contribution < 1.29 is 23.8 Å². The van der Waals surface area contributed by atoms with Crippen LogP contribution in [-0.4, -0.2) is 36.7 Å². The number of fused-ring (bicyclic) bond motifs is 2. The van der Waals surface area contributed by atoms with E-state index in [-0.39, 0.29) is 13.0 Å². The van der Waals surface area contributed by atoms with Gasteiger partial charge >= 0.3 is 5.97 Å². The molecule has 0 unspecified atom stereocenters. The molecule has 0 saturated carbocycles. The maximum atomic E-state index is 12.2. The van der Waals surface area contributed by atoms with Crippen LogP contribution in [0.1, 0.15) is 18.4 Å². The van der Waals surface area contributed by atoms with E-state index in [1.807, 2.05) is 24.4 Å². The summed E-state index contributed by atoms with van der Waals surface area (Å²) in [4.78, 5) is 27.4. The van der Waals surface area contributed by atoms with Gasteiger partial charge in [-0.3, -0.25) is 9.59 Å². The number of hydrogen-bond donors (Lipinski definition) is 2. The van der Waals surface area contributed by atoms with Gasteiger partial charge in [0.05, 0.1) is 5.69 Å². The Morgan fingerprint density at radius 3 is 2.73 bits per heavy atom. The van der Waals surface area contributed by atoms with E-state index in [1.54, 1.807) is 12.1 Å². The number of esters is 1. The molecule has 2 N–H and O–H groups in total. The minimum Gasteiger partial charge on any atom is -0.486 e. The van der Waals surface area contributed by atoms with Gasteiger partial charge in [-0.25, -0.2) is 0 Å². The van der Waals surface area contributed by atoms with Crippen LogP contribution in [0, 0.1) is 0 Å². The SMILES string of the molecule is O=C(COC(=O)CCCc1c[nH]c2ccccc12)Nc1cc2c(cc1Br)OCCO2. The van der Waals surface area contributed by atoms with Crippen molar-refractivity contribution in [2.24, 2.45) is 0 Å². The number of nitrogens with one attached hydrogen (secondary N) is 2. The van der Waals surface area contributed by atoms with E-state index in [2.05, 4.69) is 32.3 Å². The molecule has 0 radical (unpaired) electrons. The number of aromatic nitrogens is 1. The van der Waals surface area contributed by atoms with E-state index in [9.17, 15) is 9.59 Å². The zero-order valence-corrected chi connectivity index (χ0v) is 17.8. The number of benzene rings is 2. The standard InChI is InChI=1S/C22H21BrN2O5/c23-16-10-19-20(29-9-8-28-19)11-18(16)25-21(26)13-30-22(27)7-3-4-14-12-24-17-6-2-1-5-15(14)17/h1-2,5-6,10-12,24H,3-4,7-9,13H2,(H,25,26). The minimum absolute atomic E-state index is 0.251. The van der Waals surface area contributed by atoms with Crippen LogP contribution in [0.5, 0.6) is 11.5 Å². The number of carbonyl (C=O) groups is 2. The highest BCUT2D eigenvalue weighted by atomic mass is 79.9. The van der Waals surface area contributed by atoms with E-state index in [0.29, 0.717) is 41.3 Å². The fourth-order valence-electron chi connectivity index (χ4n) is 3.33. The third-order valence-corrected chi connectivity index (χ3v) is 5.43. The molecule has 0 bridgehead atoms. The molecule has 0 atom stereocenters. The van der Waals surface area contributed by atoms with Crippen LogP contribution in [-0.2, 0) is 20.7 Å². The predicted octanol–water partition coefficient (Wildman–Crippen LogP) is 4.21. The zero-order chi connectivity index (χ0) is 20.9. The van der Waals surface area contributed by atoms with Crippen LogP contribution in [0.2, 0.25) is 0 Å². The van der Waals surface area contributed by atoms with Crippen LogP contribution in [0.15, 0.2) is 47.1 Å². The Morgan fingerprint density at radius 2 is 1.90 bits per heavy atom. The highest BCUT2D eigenvalue weighted by molar-refractivity contribution is 9.10. The van der Waals surface area contributed by atoms with Gasteiger partial charge in [-0.15, -0.1) is 0 Å². The van der Waals surface area contributed by atoms with E-state index in [4.69, 9.17) is 14.2 Å². The second kappa shape index (κ2) is 9.21. The van der Waals surface area contributed by atoms with Crippen LogP contribution in [0.3, 0.4) is 0 Å². The number of ether oxygens (including phenoxy) is 3. The average Bonchev–Trinajstić information content (AvgIpc) is 3.16. The maximum absolute atomic E-state index is 12.2. The largest absolute Gasteiger partial charge is 0.486 e. The lowest BCUT2D eigenvalue weighted by atomic mass is 10.1.